The Labute approximate surface area is 195 Å². The highest BCUT2D eigenvalue weighted by molar-refractivity contribution is 5.85. The lowest BCUT2D eigenvalue weighted by Crippen LogP contribution is -2.40. The molecule has 1 N–H and O–H groups in total. The van der Waals surface area contributed by atoms with Crippen molar-refractivity contribution in [2.45, 2.75) is 39.0 Å². The van der Waals surface area contributed by atoms with Crippen LogP contribution in [0.15, 0.2) is 36.4 Å². The molecule has 0 saturated carbocycles. The summed E-state index contributed by atoms with van der Waals surface area (Å²) in [5, 5.41) is 9.22. The third-order valence-electron chi connectivity index (χ3n) is 6.17. The van der Waals surface area contributed by atoms with Gasteiger partial charge in [-0.15, -0.1) is 12.4 Å². The highest BCUT2D eigenvalue weighted by atomic mass is 35.5. The second-order valence-electron chi connectivity index (χ2n) is 8.43. The molecule has 1 aliphatic heterocycles. The number of carboxylic acids is 1. The maximum Gasteiger partial charge on any atom is 0.307 e. The van der Waals surface area contributed by atoms with Gasteiger partial charge in [0.05, 0.1) is 12.5 Å². The molecule has 0 bridgehead atoms. The number of rotatable bonds is 9. The summed E-state index contributed by atoms with van der Waals surface area (Å²) in [6.07, 6.45) is 2.33. The lowest BCUT2D eigenvalue weighted by atomic mass is 9.84. The van der Waals surface area contributed by atoms with Crippen LogP contribution in [-0.4, -0.2) is 48.8 Å². The number of hydrogen-bond acceptors (Lipinski definition) is 3. The van der Waals surface area contributed by atoms with Gasteiger partial charge in [0, 0.05) is 25.6 Å². The van der Waals surface area contributed by atoms with Crippen LogP contribution < -0.4 is 0 Å². The highest BCUT2D eigenvalue weighted by Crippen LogP contribution is 2.33. The molecule has 0 spiro atoms. The summed E-state index contributed by atoms with van der Waals surface area (Å²) in [4.78, 5) is 13.4. The van der Waals surface area contributed by atoms with Gasteiger partial charge in [-0.1, -0.05) is 12.1 Å². The molecule has 2 aromatic carbocycles. The van der Waals surface area contributed by atoms with Crippen LogP contribution in [0, 0.1) is 31.4 Å². The second-order valence-corrected chi connectivity index (χ2v) is 8.43. The van der Waals surface area contributed by atoms with Gasteiger partial charge in [-0.2, -0.15) is 0 Å². The van der Waals surface area contributed by atoms with Gasteiger partial charge in [0.2, 0.25) is 0 Å². The van der Waals surface area contributed by atoms with Crippen molar-refractivity contribution in [3.63, 3.8) is 0 Å². The predicted octanol–water partition coefficient (Wildman–Crippen LogP) is 5.34. The lowest BCUT2D eigenvalue weighted by Gasteiger charge is -2.30. The van der Waals surface area contributed by atoms with Crippen molar-refractivity contribution in [1.29, 1.82) is 0 Å². The fourth-order valence-electron chi connectivity index (χ4n) is 4.50. The average molecular weight is 468 g/mol. The molecule has 1 unspecified atom stereocenters. The molecule has 1 aliphatic rings. The third-order valence-corrected chi connectivity index (χ3v) is 6.17. The second kappa shape index (κ2) is 12.3. The van der Waals surface area contributed by atoms with Crippen molar-refractivity contribution in [3.8, 4) is 0 Å². The van der Waals surface area contributed by atoms with Crippen LogP contribution in [0.4, 0.5) is 8.78 Å². The molecule has 3 rings (SSSR count). The van der Waals surface area contributed by atoms with Crippen LogP contribution in [0.3, 0.4) is 0 Å². The Morgan fingerprint density at radius 2 is 1.69 bits per heavy atom. The number of carboxylic acid groups (broad SMARTS) is 1. The maximum atomic E-state index is 13.6. The van der Waals surface area contributed by atoms with E-state index in [1.54, 1.807) is 12.1 Å². The van der Waals surface area contributed by atoms with Crippen molar-refractivity contribution in [3.05, 3.63) is 70.3 Å². The van der Waals surface area contributed by atoms with Crippen LogP contribution in [0.5, 0.6) is 0 Å². The number of aliphatic carboxylic acids is 1. The van der Waals surface area contributed by atoms with Crippen LogP contribution in [0.1, 0.15) is 47.4 Å². The Morgan fingerprint density at radius 3 is 2.22 bits per heavy atom. The lowest BCUT2D eigenvalue weighted by molar-refractivity contribution is -0.143. The fraction of sp³-hybridized carbons (Fsp3) is 0.480. The van der Waals surface area contributed by atoms with Gasteiger partial charge < -0.3 is 14.7 Å². The molecule has 176 valence electrons. The van der Waals surface area contributed by atoms with Crippen molar-refractivity contribution < 1.29 is 23.4 Å². The van der Waals surface area contributed by atoms with Gasteiger partial charge in [0.15, 0.2) is 0 Å². The number of carbonyl (C=O) groups is 1. The van der Waals surface area contributed by atoms with E-state index in [4.69, 9.17) is 4.74 Å². The number of aryl methyl sites for hydroxylation is 2. The molecule has 0 aliphatic carbocycles. The summed E-state index contributed by atoms with van der Waals surface area (Å²) in [6, 6.07) is 9.58. The standard InChI is InChI=1S/C25H31F2NO3.ClH/c1-17-14-20(26)5-7-22(17)24(23-8-6-21(27)15-18(23)2)9-12-31-13-11-28-10-3-4-19(16-28)25(29)30;/h5-8,14-15,19,24H,3-4,9-13,16H2,1-2H3,(H,29,30);1H. The van der Waals surface area contributed by atoms with E-state index < -0.39 is 5.97 Å². The zero-order valence-corrected chi connectivity index (χ0v) is 19.5. The Balaban J connectivity index is 0.00000363. The van der Waals surface area contributed by atoms with Crippen LogP contribution >= 0.6 is 12.4 Å². The molecular formula is C25H32ClF2NO3. The summed E-state index contributed by atoms with van der Waals surface area (Å²) < 4.78 is 33.2. The van der Waals surface area contributed by atoms with E-state index in [2.05, 4.69) is 4.90 Å². The van der Waals surface area contributed by atoms with E-state index in [1.165, 1.54) is 24.3 Å². The van der Waals surface area contributed by atoms with Gasteiger partial charge in [-0.3, -0.25) is 4.79 Å². The summed E-state index contributed by atoms with van der Waals surface area (Å²) in [5.74, 6) is -1.58. The molecule has 0 aromatic heterocycles. The van der Waals surface area contributed by atoms with Crippen molar-refractivity contribution in [2.24, 2.45) is 5.92 Å². The number of hydrogen-bond donors (Lipinski definition) is 1. The minimum Gasteiger partial charge on any atom is -0.481 e. The molecule has 1 saturated heterocycles. The first-order chi connectivity index (χ1) is 14.8. The van der Waals surface area contributed by atoms with E-state index >= 15 is 0 Å². The predicted molar refractivity (Wildman–Crippen MR) is 124 cm³/mol. The largest absolute Gasteiger partial charge is 0.481 e. The Bertz CT molecular complexity index is 857. The van der Waals surface area contributed by atoms with Crippen LogP contribution in [-0.2, 0) is 9.53 Å². The molecule has 1 atom stereocenters. The van der Waals surface area contributed by atoms with Gasteiger partial charge in [0.1, 0.15) is 11.6 Å². The third kappa shape index (κ3) is 6.99. The van der Waals surface area contributed by atoms with Crippen LogP contribution in [0.25, 0.3) is 0 Å². The number of nitrogens with zero attached hydrogens (tertiary/aromatic N) is 1. The molecule has 0 amide bonds. The molecule has 32 heavy (non-hydrogen) atoms. The highest BCUT2D eigenvalue weighted by Gasteiger charge is 2.25. The minimum absolute atomic E-state index is 0. The number of benzene rings is 2. The van der Waals surface area contributed by atoms with Gasteiger partial charge in [-0.25, -0.2) is 8.78 Å². The van der Waals surface area contributed by atoms with Crippen molar-refractivity contribution >= 4 is 18.4 Å². The van der Waals surface area contributed by atoms with E-state index in [0.29, 0.717) is 32.7 Å². The van der Waals surface area contributed by atoms with E-state index in [-0.39, 0.29) is 35.9 Å². The zero-order chi connectivity index (χ0) is 22.4. The van der Waals surface area contributed by atoms with Crippen LogP contribution in [0.2, 0.25) is 0 Å². The Hall–Kier alpha value is -2.02. The number of piperidine rings is 1. The minimum atomic E-state index is -0.724. The van der Waals surface area contributed by atoms with Crippen molar-refractivity contribution in [1.82, 2.24) is 4.90 Å². The normalized spacial score (nSPS) is 16.7. The Morgan fingerprint density at radius 1 is 1.09 bits per heavy atom. The van der Waals surface area contributed by atoms with E-state index in [0.717, 1.165) is 41.6 Å². The zero-order valence-electron chi connectivity index (χ0n) is 18.7. The average Bonchev–Trinajstić information content (AvgIpc) is 2.72. The Kier molecular flexibility index (Phi) is 10.1. The quantitative estimate of drug-likeness (QED) is 0.506. The summed E-state index contributed by atoms with van der Waals surface area (Å²) >= 11 is 0. The SMILES string of the molecule is Cc1cc(F)ccc1C(CCOCCN1CCCC(C(=O)O)C1)c1ccc(F)cc1C.Cl. The smallest absolute Gasteiger partial charge is 0.307 e. The van der Waals surface area contributed by atoms with Gasteiger partial charge in [-0.05, 0) is 86.2 Å². The van der Waals surface area contributed by atoms with Gasteiger partial charge >= 0.3 is 5.97 Å². The van der Waals surface area contributed by atoms with E-state index in [1.807, 2.05) is 13.8 Å². The fourth-order valence-corrected chi connectivity index (χ4v) is 4.50. The first-order valence-corrected chi connectivity index (χ1v) is 10.9. The number of ether oxygens (including phenoxy) is 1. The maximum absolute atomic E-state index is 13.6. The summed E-state index contributed by atoms with van der Waals surface area (Å²) in [7, 11) is 0. The molecule has 4 nitrogen and oxygen atoms in total. The molecule has 2 aromatic rings. The van der Waals surface area contributed by atoms with Gasteiger partial charge in [0.25, 0.3) is 0 Å². The molecule has 0 radical (unpaired) electrons. The number of likely N-dealkylation sites (tertiary alicyclic amines) is 1. The first kappa shape index (κ1) is 26.2. The molecule has 1 heterocycles. The topological polar surface area (TPSA) is 49.8 Å². The monoisotopic (exact) mass is 467 g/mol. The molecule has 1 fully saturated rings. The summed E-state index contributed by atoms with van der Waals surface area (Å²) in [6.45, 7) is 7.00. The first-order valence-electron chi connectivity index (χ1n) is 10.9. The summed E-state index contributed by atoms with van der Waals surface area (Å²) in [5.41, 5.74) is 3.75. The molecular weight excluding hydrogens is 436 g/mol. The molecule has 7 heteroatoms. The number of halogens is 3. The van der Waals surface area contributed by atoms with Crippen molar-refractivity contribution in [2.75, 3.05) is 32.8 Å². The van der Waals surface area contributed by atoms with E-state index in [9.17, 15) is 18.7 Å².